The Morgan fingerprint density at radius 1 is 0.962 bits per heavy atom. The van der Waals surface area contributed by atoms with Crippen molar-refractivity contribution in [3.8, 4) is 5.75 Å². The first-order valence-corrected chi connectivity index (χ1v) is 8.42. The fourth-order valence-corrected chi connectivity index (χ4v) is 3.23. The molecule has 5 heteroatoms. The Morgan fingerprint density at radius 3 is 2.46 bits per heavy atom. The van der Waals surface area contributed by atoms with Gasteiger partial charge in [0.25, 0.3) is 5.91 Å². The number of anilines is 2. The zero-order valence-electron chi connectivity index (χ0n) is 14.3. The van der Waals surface area contributed by atoms with Crippen LogP contribution >= 0.6 is 0 Å². The van der Waals surface area contributed by atoms with Crippen LogP contribution in [0.1, 0.15) is 6.42 Å². The minimum Gasteiger partial charge on any atom is -0.497 e. The number of carbonyl (C=O) groups is 2. The lowest BCUT2D eigenvalue weighted by Gasteiger charge is -2.16. The highest BCUT2D eigenvalue weighted by molar-refractivity contribution is 6.23. The largest absolute Gasteiger partial charge is 0.497 e. The van der Waals surface area contributed by atoms with Crippen molar-refractivity contribution in [2.75, 3.05) is 17.3 Å². The maximum Gasteiger partial charge on any atom is 0.256 e. The lowest BCUT2D eigenvalue weighted by molar-refractivity contribution is -0.121. The van der Waals surface area contributed by atoms with Gasteiger partial charge >= 0.3 is 0 Å². The van der Waals surface area contributed by atoms with Crippen molar-refractivity contribution < 1.29 is 14.3 Å². The quantitative estimate of drug-likeness (QED) is 0.734. The number of fused-ring (bicyclic) bond motifs is 1. The van der Waals surface area contributed by atoms with Crippen LogP contribution in [-0.4, -0.2) is 25.0 Å². The molecule has 0 spiro atoms. The SMILES string of the molecule is COc1ccc2cc(NC3CC(=O)N(c4ccccc4)C3=O)ccc2c1. The van der Waals surface area contributed by atoms with Crippen molar-refractivity contribution >= 4 is 34.0 Å². The number of ether oxygens (including phenoxy) is 1. The molecule has 1 heterocycles. The number of rotatable bonds is 4. The van der Waals surface area contributed by atoms with Crippen LogP contribution in [0.5, 0.6) is 5.75 Å². The maximum absolute atomic E-state index is 12.7. The number of para-hydroxylation sites is 1. The first kappa shape index (κ1) is 16.1. The van der Waals surface area contributed by atoms with Crippen LogP contribution in [0.2, 0.25) is 0 Å². The Morgan fingerprint density at radius 2 is 1.69 bits per heavy atom. The van der Waals surface area contributed by atoms with E-state index in [1.807, 2.05) is 54.6 Å². The first-order chi connectivity index (χ1) is 12.7. The lowest BCUT2D eigenvalue weighted by Crippen LogP contribution is -2.34. The molecule has 1 atom stereocenters. The number of hydrogen-bond acceptors (Lipinski definition) is 4. The molecule has 1 aliphatic rings. The van der Waals surface area contributed by atoms with Crippen molar-refractivity contribution in [1.82, 2.24) is 0 Å². The molecular formula is C21H18N2O3. The van der Waals surface area contributed by atoms with Crippen molar-refractivity contribution in [3.63, 3.8) is 0 Å². The van der Waals surface area contributed by atoms with Crippen molar-refractivity contribution in [2.24, 2.45) is 0 Å². The van der Waals surface area contributed by atoms with Crippen LogP contribution in [0.3, 0.4) is 0 Å². The third kappa shape index (κ3) is 2.88. The molecule has 1 fully saturated rings. The van der Waals surface area contributed by atoms with E-state index in [2.05, 4.69) is 5.32 Å². The summed E-state index contributed by atoms with van der Waals surface area (Å²) < 4.78 is 5.24. The summed E-state index contributed by atoms with van der Waals surface area (Å²) in [4.78, 5) is 26.3. The standard InChI is InChI=1S/C21H18N2O3/c1-26-18-10-8-14-11-16(9-7-15(14)12-18)22-19-13-20(24)23(21(19)25)17-5-3-2-4-6-17/h2-12,19,22H,13H2,1H3. The van der Waals surface area contributed by atoms with Crippen LogP contribution in [0, 0.1) is 0 Å². The summed E-state index contributed by atoms with van der Waals surface area (Å²) in [5.74, 6) is 0.383. The number of benzene rings is 3. The predicted molar refractivity (Wildman–Crippen MR) is 101 cm³/mol. The second kappa shape index (κ2) is 6.52. The number of hydrogen-bond donors (Lipinski definition) is 1. The molecule has 1 unspecified atom stereocenters. The molecular weight excluding hydrogens is 328 g/mol. The number of amides is 2. The summed E-state index contributed by atoms with van der Waals surface area (Å²) in [7, 11) is 1.64. The average Bonchev–Trinajstić information content (AvgIpc) is 2.95. The smallest absolute Gasteiger partial charge is 0.256 e. The highest BCUT2D eigenvalue weighted by Crippen LogP contribution is 2.27. The number of methoxy groups -OCH3 is 1. The monoisotopic (exact) mass is 346 g/mol. The average molecular weight is 346 g/mol. The predicted octanol–water partition coefficient (Wildman–Crippen LogP) is 3.59. The Labute approximate surface area is 151 Å². The summed E-state index contributed by atoms with van der Waals surface area (Å²) in [5.41, 5.74) is 1.42. The molecule has 0 saturated carbocycles. The van der Waals surface area contributed by atoms with Gasteiger partial charge in [0.05, 0.1) is 19.2 Å². The molecule has 0 aliphatic carbocycles. The highest BCUT2D eigenvalue weighted by Gasteiger charge is 2.39. The molecule has 1 N–H and O–H groups in total. The Hall–Kier alpha value is -3.34. The van der Waals surface area contributed by atoms with E-state index < -0.39 is 6.04 Å². The van der Waals surface area contributed by atoms with Gasteiger partial charge in [0.2, 0.25) is 5.91 Å². The zero-order chi connectivity index (χ0) is 18.1. The van der Waals surface area contributed by atoms with Gasteiger partial charge in [0.1, 0.15) is 11.8 Å². The van der Waals surface area contributed by atoms with Gasteiger partial charge in [-0.1, -0.05) is 30.3 Å². The highest BCUT2D eigenvalue weighted by atomic mass is 16.5. The molecule has 26 heavy (non-hydrogen) atoms. The fourth-order valence-electron chi connectivity index (χ4n) is 3.23. The number of nitrogens with zero attached hydrogens (tertiary/aromatic N) is 1. The van der Waals surface area contributed by atoms with E-state index in [1.165, 1.54) is 4.90 Å². The summed E-state index contributed by atoms with van der Waals surface area (Å²) >= 11 is 0. The number of nitrogens with one attached hydrogen (secondary N) is 1. The van der Waals surface area contributed by atoms with Gasteiger partial charge in [0, 0.05) is 5.69 Å². The van der Waals surface area contributed by atoms with Crippen molar-refractivity contribution in [3.05, 3.63) is 66.7 Å². The minimum atomic E-state index is -0.557. The summed E-state index contributed by atoms with van der Waals surface area (Å²) in [5, 5.41) is 5.28. The van der Waals surface area contributed by atoms with Crippen molar-refractivity contribution in [1.29, 1.82) is 0 Å². The minimum absolute atomic E-state index is 0.147. The molecule has 4 rings (SSSR count). The van der Waals surface area contributed by atoms with E-state index in [4.69, 9.17) is 4.74 Å². The van der Waals surface area contributed by atoms with Gasteiger partial charge in [-0.25, -0.2) is 4.90 Å². The second-order valence-corrected chi connectivity index (χ2v) is 6.23. The molecule has 130 valence electrons. The summed E-state index contributed by atoms with van der Waals surface area (Å²) in [6.07, 6.45) is 0.147. The van der Waals surface area contributed by atoms with E-state index in [1.54, 1.807) is 19.2 Å². The van der Waals surface area contributed by atoms with Crippen LogP contribution in [0.25, 0.3) is 10.8 Å². The van der Waals surface area contributed by atoms with Gasteiger partial charge in [0.15, 0.2) is 0 Å². The van der Waals surface area contributed by atoms with Gasteiger partial charge in [-0.15, -0.1) is 0 Å². The summed E-state index contributed by atoms with van der Waals surface area (Å²) in [6, 6.07) is 20.1. The molecule has 0 radical (unpaired) electrons. The Balaban J connectivity index is 1.57. The number of imide groups is 1. The molecule has 5 nitrogen and oxygen atoms in total. The van der Waals surface area contributed by atoms with E-state index in [-0.39, 0.29) is 18.2 Å². The number of carbonyl (C=O) groups excluding carboxylic acids is 2. The molecule has 3 aromatic carbocycles. The first-order valence-electron chi connectivity index (χ1n) is 8.42. The Bertz CT molecular complexity index is 985. The molecule has 3 aromatic rings. The molecule has 0 aromatic heterocycles. The van der Waals surface area contributed by atoms with E-state index in [0.717, 1.165) is 22.2 Å². The van der Waals surface area contributed by atoms with Crippen LogP contribution < -0.4 is 15.0 Å². The maximum atomic E-state index is 12.7. The van der Waals surface area contributed by atoms with E-state index in [0.29, 0.717) is 5.69 Å². The van der Waals surface area contributed by atoms with Gasteiger partial charge in [-0.2, -0.15) is 0 Å². The van der Waals surface area contributed by atoms with Crippen LogP contribution in [0.15, 0.2) is 66.7 Å². The molecule has 0 bridgehead atoms. The lowest BCUT2D eigenvalue weighted by atomic mass is 10.1. The molecule has 1 saturated heterocycles. The van der Waals surface area contributed by atoms with E-state index >= 15 is 0 Å². The van der Waals surface area contributed by atoms with Gasteiger partial charge < -0.3 is 10.1 Å². The third-order valence-corrected chi connectivity index (χ3v) is 4.55. The van der Waals surface area contributed by atoms with Crippen LogP contribution in [0.4, 0.5) is 11.4 Å². The van der Waals surface area contributed by atoms with Crippen molar-refractivity contribution in [2.45, 2.75) is 12.5 Å². The second-order valence-electron chi connectivity index (χ2n) is 6.23. The third-order valence-electron chi connectivity index (χ3n) is 4.55. The molecule has 2 amide bonds. The van der Waals surface area contributed by atoms with Gasteiger partial charge in [-0.3, -0.25) is 9.59 Å². The zero-order valence-corrected chi connectivity index (χ0v) is 14.3. The van der Waals surface area contributed by atoms with E-state index in [9.17, 15) is 9.59 Å². The normalized spacial score (nSPS) is 17.0. The van der Waals surface area contributed by atoms with Gasteiger partial charge in [-0.05, 0) is 47.2 Å². The molecule has 1 aliphatic heterocycles. The topological polar surface area (TPSA) is 58.6 Å². The fraction of sp³-hybridized carbons (Fsp3) is 0.143. The Kier molecular flexibility index (Phi) is 4.05. The summed E-state index contributed by atoms with van der Waals surface area (Å²) in [6.45, 7) is 0. The van der Waals surface area contributed by atoms with Crippen LogP contribution in [-0.2, 0) is 9.59 Å².